The minimum absolute atomic E-state index is 0.199. The van der Waals surface area contributed by atoms with Crippen molar-refractivity contribution < 1.29 is 4.39 Å². The molecule has 0 saturated heterocycles. The largest absolute Gasteiger partial charge is 0.330 e. The minimum atomic E-state index is -0.199. The van der Waals surface area contributed by atoms with E-state index in [1.807, 2.05) is 7.05 Å². The molecule has 0 unspecified atom stereocenters. The highest BCUT2D eigenvalue weighted by Crippen LogP contribution is 2.16. The van der Waals surface area contributed by atoms with Crippen LogP contribution in [0.5, 0.6) is 0 Å². The Balaban J connectivity index is 2.48. The molecule has 0 fully saturated rings. The smallest absolute Gasteiger partial charge is 0.127 e. The molecule has 0 aliphatic carbocycles. The van der Waals surface area contributed by atoms with E-state index in [1.165, 1.54) is 6.07 Å². The highest BCUT2D eigenvalue weighted by atomic mass is 35.5. The summed E-state index contributed by atoms with van der Waals surface area (Å²) in [5, 5.41) is 0.576. The van der Waals surface area contributed by atoms with Crippen molar-refractivity contribution in [2.24, 2.45) is 5.73 Å². The van der Waals surface area contributed by atoms with E-state index in [4.69, 9.17) is 17.3 Å². The van der Waals surface area contributed by atoms with Gasteiger partial charge in [-0.25, -0.2) is 4.39 Å². The average Bonchev–Trinajstić information content (AvgIpc) is 2.24. The topological polar surface area (TPSA) is 29.3 Å². The second kappa shape index (κ2) is 6.84. The summed E-state index contributed by atoms with van der Waals surface area (Å²) in [6, 6.07) is 4.65. The van der Waals surface area contributed by atoms with Crippen LogP contribution in [-0.4, -0.2) is 25.0 Å². The number of unbranched alkanes of at least 4 members (excludes halogenated alkanes) is 1. The van der Waals surface area contributed by atoms with Crippen LogP contribution in [0.25, 0.3) is 0 Å². The van der Waals surface area contributed by atoms with Gasteiger partial charge in [-0.15, -0.1) is 0 Å². The van der Waals surface area contributed by atoms with Crippen LogP contribution in [0, 0.1) is 5.82 Å². The monoisotopic (exact) mass is 244 g/mol. The van der Waals surface area contributed by atoms with Gasteiger partial charge >= 0.3 is 0 Å². The second-order valence-electron chi connectivity index (χ2n) is 3.97. The van der Waals surface area contributed by atoms with Gasteiger partial charge in [0.15, 0.2) is 0 Å². The van der Waals surface area contributed by atoms with Gasteiger partial charge in [0.25, 0.3) is 0 Å². The molecule has 0 bridgehead atoms. The van der Waals surface area contributed by atoms with Crippen LogP contribution in [0.15, 0.2) is 18.2 Å². The van der Waals surface area contributed by atoms with E-state index < -0.39 is 0 Å². The lowest BCUT2D eigenvalue weighted by atomic mass is 10.2. The minimum Gasteiger partial charge on any atom is -0.330 e. The van der Waals surface area contributed by atoms with Crippen LogP contribution < -0.4 is 5.73 Å². The maximum Gasteiger partial charge on any atom is 0.127 e. The van der Waals surface area contributed by atoms with Crippen molar-refractivity contribution in [2.45, 2.75) is 19.4 Å². The Hall–Kier alpha value is -0.640. The Labute approximate surface area is 101 Å². The SMILES string of the molecule is CN(CCCCN)Cc1cc(Cl)ccc1F. The Kier molecular flexibility index (Phi) is 5.74. The fourth-order valence-corrected chi connectivity index (χ4v) is 1.76. The molecule has 16 heavy (non-hydrogen) atoms. The van der Waals surface area contributed by atoms with Gasteiger partial charge in [0.1, 0.15) is 5.82 Å². The van der Waals surface area contributed by atoms with Gasteiger partial charge in [0, 0.05) is 17.1 Å². The van der Waals surface area contributed by atoms with Gasteiger partial charge in [-0.3, -0.25) is 0 Å². The molecule has 0 aliphatic rings. The summed E-state index contributed by atoms with van der Waals surface area (Å²) in [6.45, 7) is 2.21. The van der Waals surface area contributed by atoms with Crippen molar-refractivity contribution in [2.75, 3.05) is 20.1 Å². The fourth-order valence-electron chi connectivity index (χ4n) is 1.56. The molecular weight excluding hydrogens is 227 g/mol. The van der Waals surface area contributed by atoms with Gasteiger partial charge in [-0.1, -0.05) is 11.6 Å². The molecule has 0 saturated carbocycles. The molecule has 0 amide bonds. The van der Waals surface area contributed by atoms with Gasteiger partial charge in [0.2, 0.25) is 0 Å². The molecule has 1 aromatic carbocycles. The normalized spacial score (nSPS) is 11.1. The first-order chi connectivity index (χ1) is 7.63. The Morgan fingerprint density at radius 2 is 2.12 bits per heavy atom. The molecule has 0 atom stereocenters. The van der Waals surface area contributed by atoms with Crippen LogP contribution in [0.2, 0.25) is 5.02 Å². The third-order valence-electron chi connectivity index (χ3n) is 2.44. The molecule has 90 valence electrons. The Morgan fingerprint density at radius 3 is 2.81 bits per heavy atom. The van der Waals surface area contributed by atoms with Gasteiger partial charge in [0.05, 0.1) is 0 Å². The first-order valence-electron chi connectivity index (χ1n) is 5.46. The van der Waals surface area contributed by atoms with E-state index in [9.17, 15) is 4.39 Å². The molecular formula is C12H18ClFN2. The summed E-state index contributed by atoms with van der Waals surface area (Å²) in [7, 11) is 1.97. The number of benzene rings is 1. The number of nitrogens with zero attached hydrogens (tertiary/aromatic N) is 1. The lowest BCUT2D eigenvalue weighted by Crippen LogP contribution is -2.20. The quantitative estimate of drug-likeness (QED) is 0.780. The lowest BCUT2D eigenvalue weighted by molar-refractivity contribution is 0.314. The molecule has 1 rings (SSSR count). The third kappa shape index (κ3) is 4.47. The van der Waals surface area contributed by atoms with E-state index in [-0.39, 0.29) is 5.82 Å². The Morgan fingerprint density at radius 1 is 1.38 bits per heavy atom. The highest BCUT2D eigenvalue weighted by Gasteiger charge is 2.06. The number of hydrogen-bond acceptors (Lipinski definition) is 2. The van der Waals surface area contributed by atoms with Gasteiger partial charge < -0.3 is 10.6 Å². The van der Waals surface area contributed by atoms with Crippen LogP contribution in [0.4, 0.5) is 4.39 Å². The Bertz CT molecular complexity index is 331. The van der Waals surface area contributed by atoms with Crippen molar-refractivity contribution in [1.82, 2.24) is 4.90 Å². The van der Waals surface area contributed by atoms with E-state index in [0.717, 1.165) is 19.4 Å². The average molecular weight is 245 g/mol. The predicted molar refractivity (Wildman–Crippen MR) is 66.0 cm³/mol. The number of rotatable bonds is 6. The highest BCUT2D eigenvalue weighted by molar-refractivity contribution is 6.30. The first-order valence-corrected chi connectivity index (χ1v) is 5.84. The van der Waals surface area contributed by atoms with E-state index in [2.05, 4.69) is 4.90 Å². The van der Waals surface area contributed by atoms with Crippen molar-refractivity contribution in [3.8, 4) is 0 Å². The summed E-state index contributed by atoms with van der Waals surface area (Å²) in [6.07, 6.45) is 2.04. The van der Waals surface area contributed by atoms with Crippen LogP contribution >= 0.6 is 11.6 Å². The van der Waals surface area contributed by atoms with Crippen molar-refractivity contribution >= 4 is 11.6 Å². The molecule has 0 radical (unpaired) electrons. The summed E-state index contributed by atoms with van der Waals surface area (Å²) < 4.78 is 13.4. The summed E-state index contributed by atoms with van der Waals surface area (Å²) in [5.74, 6) is -0.199. The molecule has 0 heterocycles. The maximum atomic E-state index is 13.4. The number of halogens is 2. The number of nitrogens with two attached hydrogens (primary N) is 1. The zero-order chi connectivity index (χ0) is 12.0. The zero-order valence-corrected chi connectivity index (χ0v) is 10.3. The molecule has 1 aromatic rings. The van der Waals surface area contributed by atoms with E-state index in [1.54, 1.807) is 12.1 Å². The van der Waals surface area contributed by atoms with E-state index in [0.29, 0.717) is 23.7 Å². The first kappa shape index (κ1) is 13.4. The van der Waals surface area contributed by atoms with E-state index >= 15 is 0 Å². The van der Waals surface area contributed by atoms with Crippen molar-refractivity contribution in [1.29, 1.82) is 0 Å². The molecule has 0 aliphatic heterocycles. The zero-order valence-electron chi connectivity index (χ0n) is 9.55. The molecule has 0 spiro atoms. The van der Waals surface area contributed by atoms with Crippen LogP contribution in [-0.2, 0) is 6.54 Å². The molecule has 2 N–H and O–H groups in total. The third-order valence-corrected chi connectivity index (χ3v) is 2.68. The fraction of sp³-hybridized carbons (Fsp3) is 0.500. The van der Waals surface area contributed by atoms with Crippen LogP contribution in [0.1, 0.15) is 18.4 Å². The van der Waals surface area contributed by atoms with Crippen LogP contribution in [0.3, 0.4) is 0 Å². The van der Waals surface area contributed by atoms with Gasteiger partial charge in [-0.05, 0) is 51.2 Å². The summed E-state index contributed by atoms with van der Waals surface area (Å²) in [4.78, 5) is 2.07. The van der Waals surface area contributed by atoms with Crippen molar-refractivity contribution in [3.05, 3.63) is 34.6 Å². The molecule has 0 aromatic heterocycles. The maximum absolute atomic E-state index is 13.4. The van der Waals surface area contributed by atoms with Gasteiger partial charge in [-0.2, -0.15) is 0 Å². The number of hydrogen-bond donors (Lipinski definition) is 1. The lowest BCUT2D eigenvalue weighted by Gasteiger charge is -2.16. The summed E-state index contributed by atoms with van der Waals surface area (Å²) in [5.41, 5.74) is 6.06. The molecule has 4 heteroatoms. The predicted octanol–water partition coefficient (Wildman–Crippen LogP) is 2.65. The van der Waals surface area contributed by atoms with Crippen molar-refractivity contribution in [3.63, 3.8) is 0 Å². The second-order valence-corrected chi connectivity index (χ2v) is 4.41. The standard InChI is InChI=1S/C12H18ClFN2/c1-16(7-3-2-6-15)9-10-8-11(13)4-5-12(10)14/h4-5,8H,2-3,6-7,9,15H2,1H3. The molecule has 2 nitrogen and oxygen atoms in total. The summed E-state index contributed by atoms with van der Waals surface area (Å²) >= 11 is 5.83.